The van der Waals surface area contributed by atoms with Crippen LogP contribution >= 0.6 is 11.8 Å². The highest BCUT2D eigenvalue weighted by atomic mass is 32.2. The van der Waals surface area contributed by atoms with Crippen LogP contribution in [0.4, 0.5) is 0 Å². The van der Waals surface area contributed by atoms with Gasteiger partial charge >= 0.3 is 0 Å². The summed E-state index contributed by atoms with van der Waals surface area (Å²) >= 11 is 1.50. The average Bonchev–Trinajstić information content (AvgIpc) is 3.32. The average molecular weight is 403 g/mol. The van der Waals surface area contributed by atoms with E-state index in [4.69, 9.17) is 4.42 Å². The summed E-state index contributed by atoms with van der Waals surface area (Å²) in [6.07, 6.45) is 14.9. The molecular weight excluding hydrogens is 372 g/mol. The van der Waals surface area contributed by atoms with Crippen molar-refractivity contribution in [2.24, 2.45) is 0 Å². The van der Waals surface area contributed by atoms with Crippen LogP contribution < -0.4 is 5.32 Å². The van der Waals surface area contributed by atoms with Gasteiger partial charge in [0.25, 0.3) is 0 Å². The Kier molecular flexibility index (Phi) is 6.73. The van der Waals surface area contributed by atoms with E-state index in [1.54, 1.807) is 6.26 Å². The highest BCUT2D eigenvalue weighted by Crippen LogP contribution is 2.35. The third kappa shape index (κ3) is 4.80. The molecule has 0 spiro atoms. The van der Waals surface area contributed by atoms with Crippen LogP contribution in [0.15, 0.2) is 28.0 Å². The molecule has 152 valence electrons. The fourth-order valence-electron chi connectivity index (χ4n) is 4.44. The van der Waals surface area contributed by atoms with Crippen molar-refractivity contribution in [3.63, 3.8) is 0 Å². The number of amides is 1. The van der Waals surface area contributed by atoms with Crippen LogP contribution in [0.1, 0.15) is 76.7 Å². The number of furan rings is 1. The second-order valence-electron chi connectivity index (χ2n) is 7.99. The molecule has 0 aromatic carbocycles. The maximum Gasteiger partial charge on any atom is 0.230 e. The minimum absolute atomic E-state index is 0.106. The largest absolute Gasteiger partial charge is 0.461 e. The van der Waals surface area contributed by atoms with Crippen LogP contribution in [-0.4, -0.2) is 32.5 Å². The number of aromatic nitrogens is 3. The molecule has 2 heterocycles. The first-order valence-corrected chi connectivity index (χ1v) is 11.7. The molecule has 4 rings (SSSR count). The number of rotatable bonds is 6. The quantitative estimate of drug-likeness (QED) is 0.545. The van der Waals surface area contributed by atoms with Gasteiger partial charge in [0.2, 0.25) is 11.7 Å². The molecule has 2 aliphatic carbocycles. The molecule has 1 amide bonds. The Morgan fingerprint density at radius 2 is 1.79 bits per heavy atom. The lowest BCUT2D eigenvalue weighted by Crippen LogP contribution is -2.35. The van der Waals surface area contributed by atoms with Gasteiger partial charge in [-0.2, -0.15) is 0 Å². The SMILES string of the molecule is O=C(CSc1nnc(-c2ccco2)n1C1CCCCC1)NC1CCCCCC1. The Labute approximate surface area is 170 Å². The minimum Gasteiger partial charge on any atom is -0.461 e. The van der Waals surface area contributed by atoms with Gasteiger partial charge in [-0.3, -0.25) is 9.36 Å². The lowest BCUT2D eigenvalue weighted by atomic mass is 9.95. The van der Waals surface area contributed by atoms with E-state index in [9.17, 15) is 4.79 Å². The maximum absolute atomic E-state index is 12.5. The van der Waals surface area contributed by atoms with Crippen molar-refractivity contribution < 1.29 is 9.21 Å². The second kappa shape index (κ2) is 9.63. The first-order valence-electron chi connectivity index (χ1n) is 10.7. The molecule has 2 saturated carbocycles. The summed E-state index contributed by atoms with van der Waals surface area (Å²) in [5.41, 5.74) is 0. The third-order valence-corrected chi connectivity index (χ3v) is 6.84. The van der Waals surface area contributed by atoms with Crippen molar-refractivity contribution in [3.05, 3.63) is 18.4 Å². The third-order valence-electron chi connectivity index (χ3n) is 5.90. The molecule has 0 atom stereocenters. The Morgan fingerprint density at radius 3 is 2.50 bits per heavy atom. The zero-order valence-corrected chi connectivity index (χ0v) is 17.3. The molecular formula is C21H30N4O2S. The number of nitrogens with one attached hydrogen (secondary N) is 1. The molecule has 2 aromatic heterocycles. The van der Waals surface area contributed by atoms with Crippen molar-refractivity contribution in [2.45, 2.75) is 87.9 Å². The fraction of sp³-hybridized carbons (Fsp3) is 0.667. The van der Waals surface area contributed by atoms with E-state index in [-0.39, 0.29) is 5.91 Å². The van der Waals surface area contributed by atoms with Crippen molar-refractivity contribution >= 4 is 17.7 Å². The van der Waals surface area contributed by atoms with Crippen molar-refractivity contribution in [1.82, 2.24) is 20.1 Å². The normalized spacial score (nSPS) is 19.4. The zero-order valence-electron chi connectivity index (χ0n) is 16.4. The van der Waals surface area contributed by atoms with Crippen LogP contribution in [0.2, 0.25) is 0 Å². The van der Waals surface area contributed by atoms with Gasteiger partial charge in [0, 0.05) is 12.1 Å². The van der Waals surface area contributed by atoms with Crippen molar-refractivity contribution in [2.75, 3.05) is 5.75 Å². The standard InChI is InChI=1S/C21H30N4O2S/c26-19(22-16-9-4-1-2-5-10-16)15-28-21-24-23-20(18-13-8-14-27-18)25(21)17-11-6-3-7-12-17/h8,13-14,16-17H,1-7,9-12,15H2,(H,22,26). The van der Waals surface area contributed by atoms with Crippen LogP contribution in [0, 0.1) is 0 Å². The Balaban J connectivity index is 1.44. The summed E-state index contributed by atoms with van der Waals surface area (Å²) in [5.74, 6) is 2.02. The molecule has 28 heavy (non-hydrogen) atoms. The maximum atomic E-state index is 12.5. The first kappa shape index (κ1) is 19.6. The smallest absolute Gasteiger partial charge is 0.230 e. The number of carbonyl (C=O) groups is 1. The number of hydrogen-bond acceptors (Lipinski definition) is 5. The van der Waals surface area contributed by atoms with Gasteiger partial charge in [0.15, 0.2) is 10.9 Å². The van der Waals surface area contributed by atoms with Gasteiger partial charge in [0.1, 0.15) is 0 Å². The molecule has 0 unspecified atom stereocenters. The van der Waals surface area contributed by atoms with Gasteiger partial charge in [-0.25, -0.2) is 0 Å². The highest BCUT2D eigenvalue weighted by molar-refractivity contribution is 7.99. The number of hydrogen-bond donors (Lipinski definition) is 1. The molecule has 2 fully saturated rings. The minimum atomic E-state index is 0.106. The summed E-state index contributed by atoms with van der Waals surface area (Å²) in [6, 6.07) is 4.53. The second-order valence-corrected chi connectivity index (χ2v) is 8.93. The predicted molar refractivity (Wildman–Crippen MR) is 110 cm³/mol. The van der Waals surface area contributed by atoms with Gasteiger partial charge in [-0.15, -0.1) is 10.2 Å². The van der Waals surface area contributed by atoms with E-state index < -0.39 is 0 Å². The van der Waals surface area contributed by atoms with E-state index in [2.05, 4.69) is 20.1 Å². The molecule has 7 heteroatoms. The van der Waals surface area contributed by atoms with Gasteiger partial charge in [0.05, 0.1) is 12.0 Å². The zero-order chi connectivity index (χ0) is 19.2. The van der Waals surface area contributed by atoms with Crippen molar-refractivity contribution in [3.8, 4) is 11.6 Å². The number of thioether (sulfide) groups is 1. The van der Waals surface area contributed by atoms with E-state index in [1.165, 1.54) is 56.7 Å². The summed E-state index contributed by atoms with van der Waals surface area (Å²) in [6.45, 7) is 0. The molecule has 2 aromatic rings. The van der Waals surface area contributed by atoms with E-state index in [0.717, 1.165) is 42.4 Å². The number of carbonyl (C=O) groups excluding carboxylic acids is 1. The summed E-state index contributed by atoms with van der Waals surface area (Å²) in [5, 5.41) is 12.9. The monoisotopic (exact) mass is 402 g/mol. The molecule has 0 radical (unpaired) electrons. The molecule has 6 nitrogen and oxygen atoms in total. The Hall–Kier alpha value is -1.76. The molecule has 0 bridgehead atoms. The van der Waals surface area contributed by atoms with E-state index in [0.29, 0.717) is 17.8 Å². The molecule has 0 saturated heterocycles. The fourth-order valence-corrected chi connectivity index (χ4v) is 5.26. The molecule has 1 N–H and O–H groups in total. The first-order chi connectivity index (χ1) is 13.8. The van der Waals surface area contributed by atoms with Gasteiger partial charge < -0.3 is 9.73 Å². The summed E-state index contributed by atoms with van der Waals surface area (Å²) < 4.78 is 7.80. The Morgan fingerprint density at radius 1 is 1.07 bits per heavy atom. The van der Waals surface area contributed by atoms with Crippen LogP contribution in [0.3, 0.4) is 0 Å². The predicted octanol–water partition coefficient (Wildman–Crippen LogP) is 4.97. The Bertz CT molecular complexity index is 745. The molecule has 2 aliphatic rings. The van der Waals surface area contributed by atoms with E-state index >= 15 is 0 Å². The number of nitrogens with zero attached hydrogens (tertiary/aromatic N) is 3. The van der Waals surface area contributed by atoms with Gasteiger partial charge in [-0.05, 0) is 37.8 Å². The summed E-state index contributed by atoms with van der Waals surface area (Å²) in [7, 11) is 0. The lowest BCUT2D eigenvalue weighted by Gasteiger charge is -2.25. The molecule has 0 aliphatic heterocycles. The van der Waals surface area contributed by atoms with Crippen LogP contribution in [0.25, 0.3) is 11.6 Å². The van der Waals surface area contributed by atoms with E-state index in [1.807, 2.05) is 12.1 Å². The van der Waals surface area contributed by atoms with Crippen molar-refractivity contribution in [1.29, 1.82) is 0 Å². The van der Waals surface area contributed by atoms with Crippen LogP contribution in [0.5, 0.6) is 0 Å². The lowest BCUT2D eigenvalue weighted by molar-refractivity contribution is -0.119. The topological polar surface area (TPSA) is 73.0 Å². The van der Waals surface area contributed by atoms with Gasteiger partial charge in [-0.1, -0.05) is 56.7 Å². The highest BCUT2D eigenvalue weighted by Gasteiger charge is 2.25. The van der Waals surface area contributed by atoms with Crippen LogP contribution in [-0.2, 0) is 4.79 Å². The summed E-state index contributed by atoms with van der Waals surface area (Å²) in [4.78, 5) is 12.5.